The molecule has 1 saturated carbocycles. The van der Waals surface area contributed by atoms with Crippen LogP contribution in [0, 0.1) is 5.92 Å². The Kier molecular flexibility index (Phi) is 18.8. The lowest BCUT2D eigenvalue weighted by molar-refractivity contribution is -0.123. The Hall–Kier alpha value is -1.97. The van der Waals surface area contributed by atoms with Crippen LogP contribution in [0.5, 0.6) is 0 Å². The van der Waals surface area contributed by atoms with Gasteiger partial charge in [0.1, 0.15) is 25.4 Å². The lowest BCUT2D eigenvalue weighted by Crippen LogP contribution is -2.44. The number of carbonyl (C=O) groups is 2. The molecule has 1 aliphatic carbocycles. The van der Waals surface area contributed by atoms with Crippen LogP contribution < -0.4 is 5.32 Å². The minimum absolute atomic E-state index is 0.0539. The molecule has 1 amide bonds. The average molecular weight is 628 g/mol. The van der Waals surface area contributed by atoms with E-state index in [0.29, 0.717) is 12.8 Å². The van der Waals surface area contributed by atoms with E-state index in [4.69, 9.17) is 18.7 Å². The minimum atomic E-state index is -4.38. The number of phosphoric acid groups is 1. The van der Waals surface area contributed by atoms with Crippen LogP contribution in [0.1, 0.15) is 109 Å². The van der Waals surface area contributed by atoms with Gasteiger partial charge in [-0.1, -0.05) is 114 Å². The van der Waals surface area contributed by atoms with Crippen molar-refractivity contribution in [2.45, 2.75) is 128 Å². The molecule has 2 unspecified atom stereocenters. The molecule has 1 aliphatic rings. The predicted molar refractivity (Wildman–Crippen MR) is 165 cm³/mol. The second-order valence-corrected chi connectivity index (χ2v) is 12.9. The number of phosphoric ester groups is 1. The number of nitrogens with one attached hydrogen (secondary N) is 1. The zero-order valence-electron chi connectivity index (χ0n) is 26.4. The third-order valence-corrected chi connectivity index (χ3v) is 8.94. The second-order valence-electron chi connectivity index (χ2n) is 11.4. The largest absolute Gasteiger partial charge is 0.508 e. The molecule has 2 rings (SSSR count). The highest BCUT2D eigenvalue weighted by atomic mass is 31.2. The summed E-state index contributed by atoms with van der Waals surface area (Å²) < 4.78 is 38.3. The van der Waals surface area contributed by atoms with Crippen molar-refractivity contribution in [2.75, 3.05) is 20.8 Å². The van der Waals surface area contributed by atoms with Crippen LogP contribution in [0.25, 0.3) is 0 Å². The summed E-state index contributed by atoms with van der Waals surface area (Å²) in [5.41, 5.74) is 0.813. The number of unbranched alkanes of at least 4 members (excludes halogenated alkanes) is 12. The van der Waals surface area contributed by atoms with Crippen LogP contribution in [0.15, 0.2) is 30.3 Å². The molecule has 0 heterocycles. The molecular formula is C32H54NO9P. The minimum Gasteiger partial charge on any atom is -0.434 e. The molecule has 1 fully saturated rings. The summed E-state index contributed by atoms with van der Waals surface area (Å²) in [4.78, 5) is 35.0. The standard InChI is InChI=1S/C32H54NO9P/c1-4-5-6-7-8-9-10-11-12-13-14-15-19-22-29(34)33-28-23-27(30(31(28)38-2)42-43(36,37)39-3)25-41-32(35)40-24-26-20-17-16-18-21-26/h16-18,20-21,27-28,30-31H,4-15,19,22-25H2,1-3H3,(H,33,34)(H,36,37)/t27-,28-,30?,31-/m1/s1. The Morgan fingerprint density at radius 1 is 0.860 bits per heavy atom. The van der Waals surface area contributed by atoms with Crippen molar-refractivity contribution in [3.05, 3.63) is 35.9 Å². The van der Waals surface area contributed by atoms with Gasteiger partial charge >= 0.3 is 14.0 Å². The van der Waals surface area contributed by atoms with Crippen LogP contribution in [-0.4, -0.2) is 56.0 Å². The average Bonchev–Trinajstić information content (AvgIpc) is 3.32. The summed E-state index contributed by atoms with van der Waals surface area (Å²) in [5.74, 6) is -0.650. The first kappa shape index (κ1) is 37.2. The predicted octanol–water partition coefficient (Wildman–Crippen LogP) is 7.47. The molecule has 2 N–H and O–H groups in total. The first-order valence-electron chi connectivity index (χ1n) is 16.0. The number of carbonyl (C=O) groups excluding carboxylic acids is 2. The van der Waals surface area contributed by atoms with Gasteiger partial charge in [-0.05, 0) is 18.4 Å². The summed E-state index contributed by atoms with van der Waals surface area (Å²) in [6.07, 6.45) is 14.2. The smallest absolute Gasteiger partial charge is 0.434 e. The van der Waals surface area contributed by atoms with Crippen LogP contribution in [-0.2, 0) is 39.2 Å². The summed E-state index contributed by atoms with van der Waals surface area (Å²) in [6, 6.07) is 8.70. The van der Waals surface area contributed by atoms with E-state index in [2.05, 4.69) is 16.8 Å². The molecule has 5 atom stereocenters. The van der Waals surface area contributed by atoms with Crippen LogP contribution in [0.2, 0.25) is 0 Å². The topological polar surface area (TPSA) is 130 Å². The van der Waals surface area contributed by atoms with E-state index in [0.717, 1.165) is 31.9 Å². The summed E-state index contributed by atoms with van der Waals surface area (Å²) in [6.45, 7) is 2.15. The van der Waals surface area contributed by atoms with Gasteiger partial charge in [-0.25, -0.2) is 9.36 Å². The molecule has 0 radical (unpaired) electrons. The van der Waals surface area contributed by atoms with E-state index < -0.39 is 38.1 Å². The maximum atomic E-state index is 12.8. The Bertz CT molecular complexity index is 948. The second kappa shape index (κ2) is 21.7. The Morgan fingerprint density at radius 3 is 2.00 bits per heavy atom. The van der Waals surface area contributed by atoms with Crippen molar-refractivity contribution in [1.29, 1.82) is 0 Å². The molecule has 0 aliphatic heterocycles. The molecule has 43 heavy (non-hydrogen) atoms. The van der Waals surface area contributed by atoms with Gasteiger partial charge in [0, 0.05) is 26.6 Å². The number of benzene rings is 1. The fraction of sp³-hybridized carbons (Fsp3) is 0.750. The zero-order valence-corrected chi connectivity index (χ0v) is 27.3. The molecule has 10 nitrogen and oxygen atoms in total. The van der Waals surface area contributed by atoms with Crippen molar-refractivity contribution < 1.29 is 42.3 Å². The van der Waals surface area contributed by atoms with Gasteiger partial charge in [0.15, 0.2) is 0 Å². The fourth-order valence-corrected chi connectivity index (χ4v) is 6.24. The van der Waals surface area contributed by atoms with E-state index in [1.54, 1.807) is 0 Å². The van der Waals surface area contributed by atoms with E-state index in [-0.39, 0.29) is 19.1 Å². The Labute approximate surface area is 258 Å². The van der Waals surface area contributed by atoms with E-state index in [1.165, 1.54) is 71.3 Å². The number of methoxy groups -OCH3 is 1. The van der Waals surface area contributed by atoms with Crippen molar-refractivity contribution >= 4 is 19.9 Å². The van der Waals surface area contributed by atoms with Gasteiger partial charge in [0.05, 0.1) is 6.04 Å². The van der Waals surface area contributed by atoms with Crippen LogP contribution >= 0.6 is 7.82 Å². The maximum absolute atomic E-state index is 12.8. The van der Waals surface area contributed by atoms with E-state index in [1.807, 2.05) is 30.3 Å². The molecule has 0 spiro atoms. The molecular weight excluding hydrogens is 573 g/mol. The normalized spacial score (nSPS) is 21.3. The van der Waals surface area contributed by atoms with E-state index >= 15 is 0 Å². The molecule has 11 heteroatoms. The number of amides is 1. The molecule has 1 aromatic carbocycles. The third kappa shape index (κ3) is 15.5. The summed E-state index contributed by atoms with van der Waals surface area (Å²) in [5, 5.41) is 2.99. The van der Waals surface area contributed by atoms with Crippen molar-refractivity contribution in [3.63, 3.8) is 0 Å². The third-order valence-electron chi connectivity index (χ3n) is 7.97. The van der Waals surface area contributed by atoms with E-state index in [9.17, 15) is 19.0 Å². The van der Waals surface area contributed by atoms with Gasteiger partial charge in [0.2, 0.25) is 5.91 Å². The van der Waals surface area contributed by atoms with Gasteiger partial charge in [0.25, 0.3) is 0 Å². The number of ether oxygens (including phenoxy) is 3. The lowest BCUT2D eigenvalue weighted by atomic mass is 10.0. The summed E-state index contributed by atoms with van der Waals surface area (Å²) >= 11 is 0. The number of rotatable bonds is 23. The SMILES string of the molecule is CCCCCCCCCCCCCCCC(=O)N[C@@H]1C[C@H](COC(=O)OCc2ccccc2)C(OP(=O)(O)OC)[C@@H]1OC. The molecule has 0 saturated heterocycles. The highest BCUT2D eigenvalue weighted by Gasteiger charge is 2.48. The quantitative estimate of drug-likeness (QED) is 0.0721. The highest BCUT2D eigenvalue weighted by molar-refractivity contribution is 7.47. The van der Waals surface area contributed by atoms with Crippen molar-refractivity contribution in [2.24, 2.45) is 5.92 Å². The van der Waals surface area contributed by atoms with Gasteiger partial charge in [-0.3, -0.25) is 13.8 Å². The first-order valence-corrected chi connectivity index (χ1v) is 17.5. The first-order chi connectivity index (χ1) is 20.8. The van der Waals surface area contributed by atoms with Gasteiger partial charge < -0.3 is 24.4 Å². The van der Waals surface area contributed by atoms with Crippen LogP contribution in [0.4, 0.5) is 4.79 Å². The highest BCUT2D eigenvalue weighted by Crippen LogP contribution is 2.48. The lowest BCUT2D eigenvalue weighted by Gasteiger charge is -2.27. The molecule has 1 aromatic rings. The van der Waals surface area contributed by atoms with Gasteiger partial charge in [-0.15, -0.1) is 0 Å². The molecule has 0 bridgehead atoms. The van der Waals surface area contributed by atoms with Crippen molar-refractivity contribution in [1.82, 2.24) is 5.32 Å². The zero-order chi connectivity index (χ0) is 31.3. The van der Waals surface area contributed by atoms with Gasteiger partial charge in [-0.2, -0.15) is 0 Å². The molecule has 0 aromatic heterocycles. The monoisotopic (exact) mass is 627 g/mol. The molecule has 246 valence electrons. The number of hydrogen-bond donors (Lipinski definition) is 2. The fourth-order valence-electron chi connectivity index (χ4n) is 5.55. The van der Waals surface area contributed by atoms with Crippen LogP contribution in [0.3, 0.4) is 0 Å². The Balaban J connectivity index is 1.73. The maximum Gasteiger partial charge on any atom is 0.508 e. The summed E-state index contributed by atoms with van der Waals surface area (Å²) in [7, 11) is -1.87. The van der Waals surface area contributed by atoms with Crippen molar-refractivity contribution in [3.8, 4) is 0 Å². The number of hydrogen-bond acceptors (Lipinski definition) is 8. The Morgan fingerprint density at radius 2 is 1.44 bits per heavy atom.